The van der Waals surface area contributed by atoms with E-state index >= 15 is 0 Å². The second kappa shape index (κ2) is 12.8. The Bertz CT molecular complexity index is 2070. The number of aryl methyl sites for hydroxylation is 1. The predicted molar refractivity (Wildman–Crippen MR) is 187 cm³/mol. The van der Waals surface area contributed by atoms with Crippen LogP contribution in [0.15, 0.2) is 65.8 Å². The lowest BCUT2D eigenvalue weighted by molar-refractivity contribution is 0.275. The second-order valence-corrected chi connectivity index (χ2v) is 15.5. The van der Waals surface area contributed by atoms with Crippen LogP contribution in [0.3, 0.4) is 0 Å². The first-order valence-corrected chi connectivity index (χ1v) is 18.4. The number of nitrogens with zero attached hydrogens (tertiary/aromatic N) is 7. The highest BCUT2D eigenvalue weighted by Gasteiger charge is 2.29. The number of aromatic nitrogens is 5. The number of sulfonamides is 1. The van der Waals surface area contributed by atoms with Gasteiger partial charge in [-0.15, -0.1) is 11.3 Å². The fourth-order valence-electron chi connectivity index (χ4n) is 6.45. The minimum atomic E-state index is -3.33. The van der Waals surface area contributed by atoms with E-state index < -0.39 is 10.0 Å². The number of likely N-dealkylation sites (tertiary alicyclic amines) is 1. The predicted octanol–water partition coefficient (Wildman–Crippen LogP) is 4.74. The summed E-state index contributed by atoms with van der Waals surface area (Å²) in [4.78, 5) is 36.1. The molecule has 0 aliphatic carbocycles. The Kier molecular flexibility index (Phi) is 8.51. The average molecular weight is 672 g/mol. The molecule has 4 aromatic heterocycles. The molecular formula is C33H37N9O3S2. The summed E-state index contributed by atoms with van der Waals surface area (Å²) < 4.78 is 27.7. The number of benzene rings is 1. The van der Waals surface area contributed by atoms with Gasteiger partial charge in [0, 0.05) is 77.5 Å². The van der Waals surface area contributed by atoms with Crippen LogP contribution in [0, 0.1) is 6.92 Å². The third kappa shape index (κ3) is 6.63. The maximum atomic E-state index is 14.4. The number of hydrogen-bond donors (Lipinski definition) is 2. The molecule has 14 heteroatoms. The molecule has 47 heavy (non-hydrogen) atoms. The van der Waals surface area contributed by atoms with E-state index in [2.05, 4.69) is 32.5 Å². The Hall–Kier alpha value is -4.24. The van der Waals surface area contributed by atoms with Gasteiger partial charge < -0.3 is 15.5 Å². The van der Waals surface area contributed by atoms with Gasteiger partial charge in [0.2, 0.25) is 16.0 Å². The molecule has 2 saturated heterocycles. The molecule has 1 aromatic carbocycles. The van der Waals surface area contributed by atoms with Crippen molar-refractivity contribution in [1.82, 2.24) is 33.7 Å². The van der Waals surface area contributed by atoms with Crippen LogP contribution in [0.1, 0.15) is 30.2 Å². The highest BCUT2D eigenvalue weighted by Crippen LogP contribution is 2.34. The number of nitrogens with one attached hydrogen (secondary N) is 2. The van der Waals surface area contributed by atoms with Gasteiger partial charge in [0.15, 0.2) is 0 Å². The zero-order chi connectivity index (χ0) is 32.7. The zero-order valence-electron chi connectivity index (χ0n) is 26.5. The van der Waals surface area contributed by atoms with E-state index in [-0.39, 0.29) is 11.6 Å². The molecule has 2 aliphatic rings. The van der Waals surface area contributed by atoms with E-state index in [1.165, 1.54) is 21.9 Å². The summed E-state index contributed by atoms with van der Waals surface area (Å²) in [5, 5.41) is 8.40. The smallest absolute Gasteiger partial charge is 0.261 e. The van der Waals surface area contributed by atoms with Crippen molar-refractivity contribution in [3.8, 4) is 21.8 Å². The van der Waals surface area contributed by atoms with Gasteiger partial charge >= 0.3 is 0 Å². The van der Waals surface area contributed by atoms with Gasteiger partial charge in [-0.1, -0.05) is 0 Å². The van der Waals surface area contributed by atoms with E-state index in [1.807, 2.05) is 49.4 Å². The maximum absolute atomic E-state index is 14.4. The molecule has 0 amide bonds. The van der Waals surface area contributed by atoms with E-state index in [9.17, 15) is 13.2 Å². The van der Waals surface area contributed by atoms with Crippen molar-refractivity contribution < 1.29 is 8.42 Å². The van der Waals surface area contributed by atoms with Crippen molar-refractivity contribution in [1.29, 1.82) is 0 Å². The van der Waals surface area contributed by atoms with Crippen molar-refractivity contribution in [3.05, 3.63) is 76.3 Å². The Morgan fingerprint density at radius 3 is 2.36 bits per heavy atom. The topological polar surface area (TPSA) is 138 Å². The minimum absolute atomic E-state index is 0.206. The van der Waals surface area contributed by atoms with Crippen LogP contribution in [0.4, 0.5) is 17.3 Å². The quantitative estimate of drug-likeness (QED) is 0.238. The number of thiazole rings is 1. The van der Waals surface area contributed by atoms with Crippen molar-refractivity contribution in [2.45, 2.75) is 38.3 Å². The summed E-state index contributed by atoms with van der Waals surface area (Å²) in [6, 6.07) is 13.9. The van der Waals surface area contributed by atoms with Gasteiger partial charge in [-0.3, -0.25) is 14.3 Å². The summed E-state index contributed by atoms with van der Waals surface area (Å²) in [5.74, 6) is 0.370. The second-order valence-electron chi connectivity index (χ2n) is 12.4. The molecule has 0 bridgehead atoms. The summed E-state index contributed by atoms with van der Waals surface area (Å²) in [7, 11) is -1.19. The minimum Gasteiger partial charge on any atom is -0.381 e. The van der Waals surface area contributed by atoms with E-state index in [0.29, 0.717) is 60.2 Å². The lowest BCUT2D eigenvalue weighted by Crippen LogP contribution is -2.40. The van der Waals surface area contributed by atoms with Crippen molar-refractivity contribution in [3.63, 3.8) is 0 Å². The Balaban J connectivity index is 1.24. The molecule has 6 heterocycles. The summed E-state index contributed by atoms with van der Waals surface area (Å²) in [6.07, 6.45) is 8.49. The summed E-state index contributed by atoms with van der Waals surface area (Å²) in [5.41, 5.74) is 4.20. The molecule has 0 spiro atoms. The first kappa shape index (κ1) is 31.4. The van der Waals surface area contributed by atoms with Crippen LogP contribution in [-0.4, -0.2) is 87.7 Å². The fraction of sp³-hybridized carbons (Fsp3) is 0.364. The Labute approximate surface area is 277 Å². The summed E-state index contributed by atoms with van der Waals surface area (Å²) >= 11 is 1.53. The monoisotopic (exact) mass is 671 g/mol. The molecule has 12 nitrogen and oxygen atoms in total. The highest BCUT2D eigenvalue weighted by atomic mass is 32.2. The van der Waals surface area contributed by atoms with Crippen LogP contribution in [0.2, 0.25) is 0 Å². The van der Waals surface area contributed by atoms with Gasteiger partial charge in [0.25, 0.3) is 5.56 Å². The van der Waals surface area contributed by atoms with Crippen molar-refractivity contribution in [2.24, 2.45) is 0 Å². The number of pyridine rings is 2. The lowest BCUT2D eigenvalue weighted by atomic mass is 10.0. The van der Waals surface area contributed by atoms with Crippen LogP contribution >= 0.6 is 11.3 Å². The molecule has 1 unspecified atom stereocenters. The molecule has 5 aromatic rings. The molecular weight excluding hydrogens is 635 g/mol. The third-order valence-electron chi connectivity index (χ3n) is 8.91. The largest absolute Gasteiger partial charge is 0.381 e. The van der Waals surface area contributed by atoms with E-state index in [4.69, 9.17) is 9.97 Å². The number of likely N-dealkylation sites (N-methyl/N-ethyl adjacent to an activating group) is 1. The first-order valence-electron chi connectivity index (χ1n) is 15.7. The normalized spacial score (nSPS) is 18.1. The van der Waals surface area contributed by atoms with E-state index in [0.717, 1.165) is 46.3 Å². The molecule has 0 radical (unpaired) electrons. The van der Waals surface area contributed by atoms with Crippen LogP contribution in [0.25, 0.3) is 32.9 Å². The average Bonchev–Trinajstić information content (AvgIpc) is 3.66. The van der Waals surface area contributed by atoms with Gasteiger partial charge in [0.1, 0.15) is 10.7 Å². The van der Waals surface area contributed by atoms with E-state index in [1.54, 1.807) is 23.2 Å². The van der Waals surface area contributed by atoms with Crippen molar-refractivity contribution >= 4 is 49.7 Å². The number of piperidine rings is 1. The zero-order valence-corrected chi connectivity index (χ0v) is 28.2. The Morgan fingerprint density at radius 2 is 1.68 bits per heavy atom. The summed E-state index contributed by atoms with van der Waals surface area (Å²) in [6.45, 7) is 4.74. The molecule has 2 fully saturated rings. The lowest BCUT2D eigenvalue weighted by Gasteiger charge is -2.32. The van der Waals surface area contributed by atoms with Crippen molar-refractivity contribution in [2.75, 3.05) is 50.1 Å². The number of rotatable bonds is 8. The molecule has 2 aliphatic heterocycles. The van der Waals surface area contributed by atoms with Crippen LogP contribution in [-0.2, 0) is 10.0 Å². The van der Waals surface area contributed by atoms with Gasteiger partial charge in [-0.2, -0.15) is 4.98 Å². The molecule has 2 N–H and O–H groups in total. The number of fused-ring (bicyclic) bond motifs is 1. The SMILES string of the molecule is Cc1sc(-c2ccncc2)nc1-c1cc2cnc(Nc3ccc(NC4CCN(C)C4)cc3)nc2n(C2CCN(S(C)(=O)=O)CC2)c1=O. The van der Waals surface area contributed by atoms with Gasteiger partial charge in [-0.25, -0.2) is 22.7 Å². The number of anilines is 3. The van der Waals surface area contributed by atoms with Gasteiger partial charge in [-0.05, 0) is 82.2 Å². The van der Waals surface area contributed by atoms with Crippen LogP contribution < -0.4 is 16.2 Å². The van der Waals surface area contributed by atoms with Gasteiger partial charge in [0.05, 0.1) is 17.5 Å². The highest BCUT2D eigenvalue weighted by molar-refractivity contribution is 7.88. The molecule has 244 valence electrons. The molecule has 0 saturated carbocycles. The molecule has 1 atom stereocenters. The fourth-order valence-corrected chi connectivity index (χ4v) is 8.26. The standard InChI is InChI=1S/C33H37N9O3S2/c1-21-29(38-31(46-21)22-8-13-34-14-9-22)28-18-23-19-35-33(37-25-6-4-24(5-7-25)36-26-10-15-40(2)20-26)39-30(23)42(32(28)43)27-11-16-41(17-12-27)47(3,44)45/h4-9,13-14,18-19,26-27,36H,10-12,15-17,20H2,1-3H3,(H,35,37,39). The Morgan fingerprint density at radius 1 is 0.957 bits per heavy atom. The number of hydrogen-bond acceptors (Lipinski definition) is 11. The van der Waals surface area contributed by atoms with Crippen LogP contribution in [0.5, 0.6) is 0 Å². The maximum Gasteiger partial charge on any atom is 0.261 e. The first-order chi connectivity index (χ1) is 22.6. The molecule has 7 rings (SSSR count). The third-order valence-corrected chi connectivity index (χ3v) is 11.2.